The van der Waals surface area contributed by atoms with E-state index in [0.29, 0.717) is 13.2 Å². The molecule has 0 aliphatic heterocycles. The third kappa shape index (κ3) is 11.0. The monoisotopic (exact) mass is 239 g/mol. The van der Waals surface area contributed by atoms with Crippen molar-refractivity contribution in [2.24, 2.45) is 0 Å². The lowest BCUT2D eigenvalue weighted by Gasteiger charge is -2.04. The second-order valence-corrected chi connectivity index (χ2v) is 4.39. The Morgan fingerprint density at radius 1 is 1.24 bits per heavy atom. The smallest absolute Gasteiger partial charge is 0.407 e. The number of alkyl carbamates (subject to hydrolysis) is 1. The second kappa shape index (κ2) is 9.94. The van der Waals surface area contributed by atoms with Crippen molar-refractivity contribution in [1.82, 2.24) is 5.32 Å². The van der Waals surface area contributed by atoms with Gasteiger partial charge in [0.1, 0.15) is 0 Å². The summed E-state index contributed by atoms with van der Waals surface area (Å²) in [7, 11) is 0. The first kappa shape index (κ1) is 15.8. The van der Waals surface area contributed by atoms with Gasteiger partial charge in [0.2, 0.25) is 0 Å². The van der Waals surface area contributed by atoms with Gasteiger partial charge in [0.05, 0.1) is 6.61 Å². The minimum Gasteiger partial charge on any atom is -0.450 e. The van der Waals surface area contributed by atoms with Gasteiger partial charge in [-0.2, -0.15) is 0 Å². The van der Waals surface area contributed by atoms with Crippen LogP contribution in [0.4, 0.5) is 4.79 Å². The second-order valence-electron chi connectivity index (χ2n) is 4.39. The minimum absolute atomic E-state index is 0.333. The van der Waals surface area contributed by atoms with Crippen LogP contribution in [0.25, 0.3) is 0 Å². The molecule has 3 heteroatoms. The predicted octanol–water partition coefficient (Wildman–Crippen LogP) is 3.82. The van der Waals surface area contributed by atoms with Crippen molar-refractivity contribution >= 4 is 6.09 Å². The minimum atomic E-state index is -0.333. The quantitative estimate of drug-likeness (QED) is 0.686. The molecule has 17 heavy (non-hydrogen) atoms. The molecule has 0 spiro atoms. The Morgan fingerprint density at radius 2 is 1.94 bits per heavy atom. The summed E-state index contributed by atoms with van der Waals surface area (Å²) >= 11 is 0. The van der Waals surface area contributed by atoms with Crippen LogP contribution in [0.15, 0.2) is 23.3 Å². The standard InChI is InChI=1S/C14H25NO2/c1-5-11-17-14(16)15-10-9-13(4)8-6-7-12(2)3/h7,9H,5-6,8,10-11H2,1-4H3,(H,15,16)/b13-9-. The van der Waals surface area contributed by atoms with Gasteiger partial charge >= 0.3 is 6.09 Å². The molecule has 0 unspecified atom stereocenters. The summed E-state index contributed by atoms with van der Waals surface area (Å²) in [5, 5.41) is 2.69. The lowest BCUT2D eigenvalue weighted by Crippen LogP contribution is -2.24. The number of rotatable bonds is 7. The Hall–Kier alpha value is -1.25. The van der Waals surface area contributed by atoms with Crippen LogP contribution in [-0.4, -0.2) is 19.2 Å². The van der Waals surface area contributed by atoms with E-state index in [9.17, 15) is 4.79 Å². The van der Waals surface area contributed by atoms with E-state index in [1.807, 2.05) is 13.0 Å². The van der Waals surface area contributed by atoms with E-state index >= 15 is 0 Å². The number of allylic oxidation sites excluding steroid dienone is 3. The molecular formula is C14H25NO2. The number of amides is 1. The lowest BCUT2D eigenvalue weighted by atomic mass is 10.1. The first-order valence-corrected chi connectivity index (χ1v) is 6.25. The molecule has 0 rings (SSSR count). The molecule has 0 aromatic heterocycles. The lowest BCUT2D eigenvalue weighted by molar-refractivity contribution is 0.147. The van der Waals surface area contributed by atoms with Crippen LogP contribution in [0.5, 0.6) is 0 Å². The summed E-state index contributed by atoms with van der Waals surface area (Å²) in [6, 6.07) is 0. The highest BCUT2D eigenvalue weighted by molar-refractivity contribution is 5.67. The summed E-state index contributed by atoms with van der Waals surface area (Å²) in [5.74, 6) is 0. The maximum Gasteiger partial charge on any atom is 0.407 e. The molecule has 0 atom stereocenters. The van der Waals surface area contributed by atoms with Crippen molar-refractivity contribution in [2.45, 2.75) is 47.0 Å². The highest BCUT2D eigenvalue weighted by atomic mass is 16.5. The molecule has 0 aromatic carbocycles. The molecule has 0 aliphatic carbocycles. The van der Waals surface area contributed by atoms with E-state index in [-0.39, 0.29) is 6.09 Å². The van der Waals surface area contributed by atoms with Crippen LogP contribution >= 0.6 is 0 Å². The molecule has 0 saturated carbocycles. The topological polar surface area (TPSA) is 38.3 Å². The molecule has 0 aliphatic rings. The highest BCUT2D eigenvalue weighted by Crippen LogP contribution is 2.05. The number of ether oxygens (including phenoxy) is 1. The van der Waals surface area contributed by atoms with Crippen LogP contribution in [0.2, 0.25) is 0 Å². The first-order valence-electron chi connectivity index (χ1n) is 6.25. The van der Waals surface area contributed by atoms with Crippen molar-refractivity contribution in [3.05, 3.63) is 23.3 Å². The molecule has 0 heterocycles. The maximum absolute atomic E-state index is 11.1. The maximum atomic E-state index is 11.1. The van der Waals surface area contributed by atoms with Crippen LogP contribution in [0.3, 0.4) is 0 Å². The number of hydrogen-bond acceptors (Lipinski definition) is 2. The number of carbonyl (C=O) groups excluding carboxylic acids is 1. The van der Waals surface area contributed by atoms with E-state index in [1.54, 1.807) is 0 Å². The van der Waals surface area contributed by atoms with Crippen LogP contribution < -0.4 is 5.32 Å². The van der Waals surface area contributed by atoms with Crippen molar-refractivity contribution in [1.29, 1.82) is 0 Å². The molecular weight excluding hydrogens is 214 g/mol. The van der Waals surface area contributed by atoms with Crippen LogP contribution in [0, 0.1) is 0 Å². The van der Waals surface area contributed by atoms with E-state index in [0.717, 1.165) is 19.3 Å². The fraction of sp³-hybridized carbons (Fsp3) is 0.643. The zero-order valence-electron chi connectivity index (χ0n) is 11.5. The fourth-order valence-electron chi connectivity index (χ4n) is 1.24. The molecule has 0 fully saturated rings. The molecule has 1 amide bonds. The summed E-state index contributed by atoms with van der Waals surface area (Å²) in [4.78, 5) is 11.1. The molecule has 98 valence electrons. The third-order valence-corrected chi connectivity index (χ3v) is 2.23. The van der Waals surface area contributed by atoms with E-state index in [1.165, 1.54) is 11.1 Å². The summed E-state index contributed by atoms with van der Waals surface area (Å²) in [6.07, 6.45) is 6.87. The Morgan fingerprint density at radius 3 is 2.53 bits per heavy atom. The van der Waals surface area contributed by atoms with Gasteiger partial charge in [-0.3, -0.25) is 0 Å². The van der Waals surface area contributed by atoms with Gasteiger partial charge < -0.3 is 10.1 Å². The SMILES string of the molecule is CCCOC(=O)NC/C=C(/C)CCC=C(C)C. The van der Waals surface area contributed by atoms with Crippen molar-refractivity contribution in [3.8, 4) is 0 Å². The van der Waals surface area contributed by atoms with Gasteiger partial charge in [0.15, 0.2) is 0 Å². The fourth-order valence-corrected chi connectivity index (χ4v) is 1.24. The normalized spacial score (nSPS) is 10.9. The molecule has 0 radical (unpaired) electrons. The van der Waals surface area contributed by atoms with E-state index in [2.05, 4.69) is 32.2 Å². The van der Waals surface area contributed by atoms with Gasteiger partial charge in [0.25, 0.3) is 0 Å². The summed E-state index contributed by atoms with van der Waals surface area (Å²) in [6.45, 7) is 9.28. The first-order chi connectivity index (χ1) is 8.06. The van der Waals surface area contributed by atoms with Gasteiger partial charge in [-0.05, 0) is 40.0 Å². The Kier molecular flexibility index (Phi) is 9.21. The summed E-state index contributed by atoms with van der Waals surface area (Å²) < 4.78 is 4.90. The van der Waals surface area contributed by atoms with Gasteiger partial charge in [-0.25, -0.2) is 4.79 Å². The van der Waals surface area contributed by atoms with Gasteiger partial charge in [-0.15, -0.1) is 0 Å². The predicted molar refractivity (Wildman–Crippen MR) is 72.1 cm³/mol. The van der Waals surface area contributed by atoms with Crippen molar-refractivity contribution in [2.75, 3.05) is 13.2 Å². The number of nitrogens with one attached hydrogen (secondary N) is 1. The Labute approximate surface area is 105 Å². The molecule has 0 bridgehead atoms. The van der Waals surface area contributed by atoms with Crippen LogP contribution in [-0.2, 0) is 4.74 Å². The third-order valence-electron chi connectivity index (χ3n) is 2.23. The summed E-state index contributed by atoms with van der Waals surface area (Å²) in [5.41, 5.74) is 2.64. The number of carbonyl (C=O) groups is 1. The zero-order valence-corrected chi connectivity index (χ0v) is 11.5. The number of hydrogen-bond donors (Lipinski definition) is 1. The highest BCUT2D eigenvalue weighted by Gasteiger charge is 1.97. The van der Waals surface area contributed by atoms with Crippen molar-refractivity contribution < 1.29 is 9.53 Å². The largest absolute Gasteiger partial charge is 0.450 e. The van der Waals surface area contributed by atoms with Gasteiger partial charge in [0, 0.05) is 6.54 Å². The molecule has 1 N–H and O–H groups in total. The zero-order chi connectivity index (χ0) is 13.1. The Bertz CT molecular complexity index is 276. The van der Waals surface area contributed by atoms with E-state index in [4.69, 9.17) is 4.74 Å². The van der Waals surface area contributed by atoms with Crippen LogP contribution in [0.1, 0.15) is 47.0 Å². The average molecular weight is 239 g/mol. The molecule has 3 nitrogen and oxygen atoms in total. The average Bonchev–Trinajstić information content (AvgIpc) is 2.25. The van der Waals surface area contributed by atoms with Crippen molar-refractivity contribution in [3.63, 3.8) is 0 Å². The Balaban J connectivity index is 3.69. The van der Waals surface area contributed by atoms with E-state index < -0.39 is 0 Å². The molecule has 0 aromatic rings. The molecule has 0 saturated heterocycles. The van der Waals surface area contributed by atoms with Gasteiger partial charge in [-0.1, -0.05) is 30.2 Å².